The van der Waals surface area contributed by atoms with Crippen LogP contribution in [-0.2, 0) is 10.5 Å². The average molecular weight is 306 g/mol. The van der Waals surface area contributed by atoms with Crippen LogP contribution in [0.1, 0.15) is 25.8 Å². The normalized spacial score (nSPS) is 12.2. The highest BCUT2D eigenvalue weighted by Crippen LogP contribution is 2.24. The van der Waals surface area contributed by atoms with Crippen LogP contribution >= 0.6 is 35.0 Å². The van der Waals surface area contributed by atoms with Gasteiger partial charge in [-0.1, -0.05) is 36.2 Å². The molecule has 1 atom stereocenters. The van der Waals surface area contributed by atoms with Gasteiger partial charge in [0, 0.05) is 21.8 Å². The molecule has 1 aromatic rings. The van der Waals surface area contributed by atoms with E-state index in [2.05, 4.69) is 5.32 Å². The fourth-order valence-electron chi connectivity index (χ4n) is 1.31. The van der Waals surface area contributed by atoms with E-state index >= 15 is 0 Å². The Morgan fingerprint density at radius 3 is 2.78 bits per heavy atom. The number of nitrogens with one attached hydrogen (secondary N) is 1. The molecule has 1 amide bonds. The summed E-state index contributed by atoms with van der Waals surface area (Å²) in [7, 11) is 0. The first-order valence-electron chi connectivity index (χ1n) is 5.84. The average Bonchev–Trinajstić information content (AvgIpc) is 2.31. The van der Waals surface area contributed by atoms with Crippen LogP contribution in [-0.4, -0.2) is 17.7 Å². The van der Waals surface area contributed by atoms with Crippen LogP contribution in [0.25, 0.3) is 0 Å². The fourth-order valence-corrected chi connectivity index (χ4v) is 2.71. The molecule has 2 nitrogen and oxygen atoms in total. The number of benzene rings is 1. The molecular formula is C13H17Cl2NOS. The predicted octanol–water partition coefficient (Wildman–Crippen LogP) is 4.14. The first kappa shape index (κ1) is 15.7. The maximum Gasteiger partial charge on any atom is 0.230 e. The third kappa shape index (κ3) is 5.51. The van der Waals surface area contributed by atoms with E-state index in [0.29, 0.717) is 21.6 Å². The van der Waals surface area contributed by atoms with Crippen LogP contribution in [0, 0.1) is 0 Å². The molecule has 0 aliphatic rings. The largest absolute Gasteiger partial charge is 0.353 e. The zero-order valence-corrected chi connectivity index (χ0v) is 12.8. The lowest BCUT2D eigenvalue weighted by atomic mass is 10.2. The van der Waals surface area contributed by atoms with Crippen LogP contribution in [0.3, 0.4) is 0 Å². The number of thioether (sulfide) groups is 1. The lowest BCUT2D eigenvalue weighted by molar-refractivity contribution is -0.119. The summed E-state index contributed by atoms with van der Waals surface area (Å²) >= 11 is 13.4. The Balaban J connectivity index is 2.35. The summed E-state index contributed by atoms with van der Waals surface area (Å²) < 4.78 is 0. The highest BCUT2D eigenvalue weighted by molar-refractivity contribution is 7.99. The molecule has 0 aliphatic carbocycles. The van der Waals surface area contributed by atoms with Gasteiger partial charge in [0.05, 0.1) is 5.75 Å². The van der Waals surface area contributed by atoms with Crippen LogP contribution < -0.4 is 5.32 Å². The molecule has 0 heterocycles. The number of hydrogen-bond acceptors (Lipinski definition) is 2. The van der Waals surface area contributed by atoms with Crippen molar-refractivity contribution in [1.29, 1.82) is 0 Å². The van der Waals surface area contributed by atoms with Crippen LogP contribution in [0.2, 0.25) is 10.0 Å². The van der Waals surface area contributed by atoms with Crippen molar-refractivity contribution in [3.8, 4) is 0 Å². The molecule has 5 heteroatoms. The minimum atomic E-state index is 0.0689. The van der Waals surface area contributed by atoms with Crippen molar-refractivity contribution in [2.24, 2.45) is 0 Å². The number of amides is 1. The molecule has 0 aliphatic heterocycles. The summed E-state index contributed by atoms with van der Waals surface area (Å²) in [5.41, 5.74) is 1.00. The van der Waals surface area contributed by atoms with Gasteiger partial charge in [-0.3, -0.25) is 4.79 Å². The Morgan fingerprint density at radius 2 is 2.17 bits per heavy atom. The summed E-state index contributed by atoms with van der Waals surface area (Å²) in [6.07, 6.45) is 0.944. The third-order valence-corrected chi connectivity index (χ3v) is 4.09. The van der Waals surface area contributed by atoms with Crippen molar-refractivity contribution in [2.45, 2.75) is 32.1 Å². The maximum absolute atomic E-state index is 11.6. The van der Waals surface area contributed by atoms with E-state index in [1.807, 2.05) is 26.0 Å². The van der Waals surface area contributed by atoms with Crippen molar-refractivity contribution in [3.05, 3.63) is 33.8 Å². The van der Waals surface area contributed by atoms with Gasteiger partial charge in [-0.15, -0.1) is 11.8 Å². The standard InChI is InChI=1S/C13H17Cl2NOS/c1-3-9(2)16-13(17)8-18-7-10-4-5-11(14)6-12(10)15/h4-6,9H,3,7-8H2,1-2H3,(H,16,17). The van der Waals surface area contributed by atoms with Gasteiger partial charge in [0.25, 0.3) is 0 Å². The van der Waals surface area contributed by atoms with Gasteiger partial charge in [0.15, 0.2) is 0 Å². The summed E-state index contributed by atoms with van der Waals surface area (Å²) in [4.78, 5) is 11.6. The van der Waals surface area contributed by atoms with Crippen molar-refractivity contribution in [2.75, 3.05) is 5.75 Å². The van der Waals surface area contributed by atoms with Crippen molar-refractivity contribution < 1.29 is 4.79 Å². The maximum atomic E-state index is 11.6. The highest BCUT2D eigenvalue weighted by atomic mass is 35.5. The Hall–Kier alpha value is -0.380. The van der Waals surface area contributed by atoms with Gasteiger partial charge < -0.3 is 5.32 Å². The van der Waals surface area contributed by atoms with E-state index in [4.69, 9.17) is 23.2 Å². The molecule has 0 radical (unpaired) electrons. The predicted molar refractivity (Wildman–Crippen MR) is 80.5 cm³/mol. The fraction of sp³-hybridized carbons (Fsp3) is 0.462. The topological polar surface area (TPSA) is 29.1 Å². The summed E-state index contributed by atoms with van der Waals surface area (Å²) in [5, 5.41) is 4.20. The van der Waals surface area contributed by atoms with Gasteiger partial charge in [-0.2, -0.15) is 0 Å². The first-order valence-corrected chi connectivity index (χ1v) is 7.75. The Morgan fingerprint density at radius 1 is 1.44 bits per heavy atom. The Labute approximate surface area is 122 Å². The van der Waals surface area contributed by atoms with E-state index in [1.165, 1.54) is 0 Å². The molecule has 100 valence electrons. The zero-order chi connectivity index (χ0) is 13.5. The monoisotopic (exact) mass is 305 g/mol. The van der Waals surface area contributed by atoms with E-state index < -0.39 is 0 Å². The van der Waals surface area contributed by atoms with E-state index in [9.17, 15) is 4.79 Å². The van der Waals surface area contributed by atoms with Crippen molar-refractivity contribution in [1.82, 2.24) is 5.32 Å². The second-order valence-corrected chi connectivity index (χ2v) is 5.93. The second-order valence-electron chi connectivity index (χ2n) is 4.11. The van der Waals surface area contributed by atoms with Crippen molar-refractivity contribution in [3.63, 3.8) is 0 Å². The number of hydrogen-bond donors (Lipinski definition) is 1. The van der Waals surface area contributed by atoms with E-state index in [-0.39, 0.29) is 11.9 Å². The molecule has 0 aromatic heterocycles. The summed E-state index contributed by atoms with van der Waals surface area (Å²) in [6, 6.07) is 5.66. The number of carbonyl (C=O) groups is 1. The first-order chi connectivity index (χ1) is 8.52. The lowest BCUT2D eigenvalue weighted by Gasteiger charge is -2.11. The Kier molecular flexibility index (Phi) is 6.90. The van der Waals surface area contributed by atoms with Crippen LogP contribution in [0.4, 0.5) is 0 Å². The molecule has 0 bridgehead atoms. The number of rotatable bonds is 6. The molecule has 1 aromatic carbocycles. The van der Waals surface area contributed by atoms with Gasteiger partial charge >= 0.3 is 0 Å². The molecule has 0 spiro atoms. The van der Waals surface area contributed by atoms with E-state index in [0.717, 1.165) is 12.0 Å². The zero-order valence-electron chi connectivity index (χ0n) is 10.5. The minimum Gasteiger partial charge on any atom is -0.353 e. The molecule has 1 N–H and O–H groups in total. The van der Waals surface area contributed by atoms with Gasteiger partial charge in [-0.25, -0.2) is 0 Å². The van der Waals surface area contributed by atoms with Crippen LogP contribution in [0.15, 0.2) is 18.2 Å². The SMILES string of the molecule is CCC(C)NC(=O)CSCc1ccc(Cl)cc1Cl. The Bertz CT molecular complexity index is 412. The molecule has 0 saturated carbocycles. The van der Waals surface area contributed by atoms with Gasteiger partial charge in [0.1, 0.15) is 0 Å². The number of carbonyl (C=O) groups excluding carboxylic acids is 1. The smallest absolute Gasteiger partial charge is 0.230 e. The highest BCUT2D eigenvalue weighted by Gasteiger charge is 2.07. The van der Waals surface area contributed by atoms with Crippen molar-refractivity contribution >= 4 is 40.9 Å². The number of halogens is 2. The third-order valence-electron chi connectivity index (χ3n) is 2.53. The lowest BCUT2D eigenvalue weighted by Crippen LogP contribution is -2.33. The summed E-state index contributed by atoms with van der Waals surface area (Å²) in [6.45, 7) is 4.05. The van der Waals surface area contributed by atoms with Gasteiger partial charge in [0.2, 0.25) is 5.91 Å². The molecule has 1 unspecified atom stereocenters. The van der Waals surface area contributed by atoms with Crippen LogP contribution in [0.5, 0.6) is 0 Å². The quantitative estimate of drug-likeness (QED) is 0.856. The molecule has 1 rings (SSSR count). The minimum absolute atomic E-state index is 0.0689. The molecule has 18 heavy (non-hydrogen) atoms. The molecular weight excluding hydrogens is 289 g/mol. The second kappa shape index (κ2) is 7.93. The molecule has 0 saturated heterocycles. The molecule has 0 fully saturated rings. The summed E-state index contributed by atoms with van der Waals surface area (Å²) in [5.74, 6) is 1.23. The van der Waals surface area contributed by atoms with Gasteiger partial charge in [-0.05, 0) is 31.0 Å². The van der Waals surface area contributed by atoms with E-state index in [1.54, 1.807) is 17.8 Å².